The zero-order valence-electron chi connectivity index (χ0n) is 2.53. The van der Waals surface area contributed by atoms with Gasteiger partial charge in [0.05, 0.1) is 0 Å². The highest BCUT2D eigenvalue weighted by atomic mass is 31.2. The van der Waals surface area contributed by atoms with Crippen LogP contribution in [0.15, 0.2) is 0 Å². The van der Waals surface area contributed by atoms with Gasteiger partial charge in [0.25, 0.3) is 0 Å². The van der Waals surface area contributed by atoms with Gasteiger partial charge in [-0.05, 0) is 0 Å². The average Bonchev–Trinajstić information content (AvgIpc) is 0.722. The predicted octanol–water partition coefficient (Wildman–Crippen LogP) is -3.00. The van der Waals surface area contributed by atoms with Crippen LogP contribution in [0.1, 0.15) is 0 Å². The van der Waals surface area contributed by atoms with Gasteiger partial charge in [-0.1, -0.05) is 0 Å². The lowest BCUT2D eigenvalue weighted by Crippen LogP contribution is -2.24. The van der Waals surface area contributed by atoms with Crippen molar-refractivity contribution in [3.8, 4) is 0 Å². The summed E-state index contributed by atoms with van der Waals surface area (Å²) < 4.78 is 8.55. The molecular formula is HO5P-4. The van der Waals surface area contributed by atoms with Gasteiger partial charge in [0, 0.05) is 0 Å². The van der Waals surface area contributed by atoms with Crippen molar-refractivity contribution in [2.24, 2.45) is 0 Å². The maximum absolute atomic E-state index is 8.55. The molecule has 0 atom stereocenters. The van der Waals surface area contributed by atoms with Crippen molar-refractivity contribution in [3.63, 3.8) is 0 Å². The minimum atomic E-state index is -5.39. The molecule has 40 valence electrons. The van der Waals surface area contributed by atoms with E-state index in [1.807, 2.05) is 0 Å². The van der Waals surface area contributed by atoms with E-state index in [2.05, 4.69) is 0 Å². The molecule has 0 heterocycles. The quantitative estimate of drug-likeness (QED) is 0.309. The largest absolute Gasteiger partial charge is 0.870 e. The van der Waals surface area contributed by atoms with Crippen LogP contribution in [0.3, 0.4) is 0 Å². The van der Waals surface area contributed by atoms with Gasteiger partial charge in [-0.15, -0.1) is 0 Å². The SMILES string of the molecule is O=P([O-])([O-])[O-].[OH-]. The van der Waals surface area contributed by atoms with Crippen LogP contribution in [0.25, 0.3) is 0 Å². The third-order valence-electron chi connectivity index (χ3n) is 0. The second-order valence-corrected chi connectivity index (χ2v) is 1.34. The monoisotopic (exact) mass is 112 g/mol. The minimum absolute atomic E-state index is 0. The fraction of sp³-hybridized carbons (Fsp3) is 0. The highest BCUT2D eigenvalue weighted by Crippen LogP contribution is 2.03. The van der Waals surface area contributed by atoms with E-state index in [0.717, 1.165) is 0 Å². The van der Waals surface area contributed by atoms with Crippen molar-refractivity contribution in [1.82, 2.24) is 0 Å². The minimum Gasteiger partial charge on any atom is -0.870 e. The van der Waals surface area contributed by atoms with E-state index in [1.54, 1.807) is 0 Å². The van der Waals surface area contributed by atoms with E-state index < -0.39 is 7.82 Å². The molecular weight excluding hydrogens is 111 g/mol. The molecule has 0 saturated carbocycles. The Hall–Kier alpha value is 0.0700. The smallest absolute Gasteiger partial charge is 0.159 e. The van der Waals surface area contributed by atoms with Gasteiger partial charge in [0.2, 0.25) is 0 Å². The van der Waals surface area contributed by atoms with Gasteiger partial charge in [0.1, 0.15) is 0 Å². The predicted molar refractivity (Wildman–Crippen MR) is 9.54 cm³/mol. The normalized spacial score (nSPS) is 9.83. The number of rotatable bonds is 0. The van der Waals surface area contributed by atoms with Crippen molar-refractivity contribution >= 4 is 7.82 Å². The van der Waals surface area contributed by atoms with Crippen molar-refractivity contribution in [3.05, 3.63) is 0 Å². The molecule has 1 N–H and O–H groups in total. The van der Waals surface area contributed by atoms with Crippen molar-refractivity contribution in [2.75, 3.05) is 0 Å². The highest BCUT2D eigenvalue weighted by Gasteiger charge is 1.44. The molecule has 0 fully saturated rings. The second-order valence-electron chi connectivity index (χ2n) is 0.447. The van der Waals surface area contributed by atoms with E-state index in [4.69, 9.17) is 19.2 Å². The molecule has 0 aliphatic heterocycles. The third kappa shape index (κ3) is 7830. The Balaban J connectivity index is 0. The standard InChI is InChI=1S/H3O4P.H2O/c1-5(2,3)4;/h(H3,1,2,3,4);1H2/p-4. The molecule has 0 aromatic heterocycles. The summed E-state index contributed by atoms with van der Waals surface area (Å²) in [5.41, 5.74) is 0. The molecule has 0 aromatic rings. The first kappa shape index (κ1) is 9.42. The van der Waals surface area contributed by atoms with Gasteiger partial charge in [-0.3, -0.25) is 0 Å². The molecule has 0 saturated heterocycles. The third-order valence-corrected chi connectivity index (χ3v) is 0. The summed E-state index contributed by atoms with van der Waals surface area (Å²) >= 11 is 0. The molecule has 0 rings (SSSR count). The molecule has 6 heteroatoms. The molecule has 6 heavy (non-hydrogen) atoms. The van der Waals surface area contributed by atoms with E-state index in [-0.39, 0.29) is 5.48 Å². The first-order valence-corrected chi connectivity index (χ1v) is 2.19. The van der Waals surface area contributed by atoms with Crippen LogP contribution in [0, 0.1) is 0 Å². The lowest BCUT2D eigenvalue weighted by molar-refractivity contribution is -0.432. The number of hydrogen-bond acceptors (Lipinski definition) is 5. The first-order valence-electron chi connectivity index (χ1n) is 0.730. The van der Waals surface area contributed by atoms with Gasteiger partial charge in [-0.2, -0.15) is 7.82 Å². The summed E-state index contributed by atoms with van der Waals surface area (Å²) in [5, 5.41) is 0. The highest BCUT2D eigenvalue weighted by molar-refractivity contribution is 7.40. The van der Waals surface area contributed by atoms with Crippen LogP contribution < -0.4 is 14.7 Å². The van der Waals surface area contributed by atoms with Crippen LogP contribution >= 0.6 is 7.82 Å². The van der Waals surface area contributed by atoms with E-state index >= 15 is 0 Å². The van der Waals surface area contributed by atoms with Crippen LogP contribution in [0.4, 0.5) is 0 Å². The molecule has 0 aliphatic rings. The lowest BCUT2D eigenvalue weighted by Gasteiger charge is -2.36. The molecule has 5 nitrogen and oxygen atoms in total. The van der Waals surface area contributed by atoms with Gasteiger partial charge in [0.15, 0.2) is 0 Å². The molecule has 0 bridgehead atoms. The molecule has 0 spiro atoms. The average molecular weight is 112 g/mol. The Morgan fingerprint density at radius 2 is 1.17 bits per heavy atom. The summed E-state index contributed by atoms with van der Waals surface area (Å²) in [6.45, 7) is 0. The van der Waals surface area contributed by atoms with E-state index in [0.29, 0.717) is 0 Å². The molecule has 0 aromatic carbocycles. The summed E-state index contributed by atoms with van der Waals surface area (Å²) in [6.07, 6.45) is 0. The maximum atomic E-state index is 8.55. The molecule has 0 amide bonds. The van der Waals surface area contributed by atoms with Crippen LogP contribution in [-0.4, -0.2) is 5.48 Å². The Bertz CT molecular complexity index is 50.1. The Labute approximate surface area is 33.8 Å². The summed E-state index contributed by atoms with van der Waals surface area (Å²) in [6, 6.07) is 0. The molecule has 0 radical (unpaired) electrons. The van der Waals surface area contributed by atoms with Crippen molar-refractivity contribution < 1.29 is 24.7 Å². The van der Waals surface area contributed by atoms with Crippen molar-refractivity contribution in [2.45, 2.75) is 0 Å². The maximum Gasteiger partial charge on any atom is -0.159 e. The topological polar surface area (TPSA) is 116 Å². The fourth-order valence-corrected chi connectivity index (χ4v) is 0. The summed E-state index contributed by atoms with van der Waals surface area (Å²) in [4.78, 5) is 25.6. The first-order chi connectivity index (χ1) is 2.00. The lowest BCUT2D eigenvalue weighted by atomic mass is 15.8. The van der Waals surface area contributed by atoms with Crippen LogP contribution in [0.2, 0.25) is 0 Å². The fourth-order valence-electron chi connectivity index (χ4n) is 0. The Morgan fingerprint density at radius 1 is 1.17 bits per heavy atom. The zero-order valence-corrected chi connectivity index (χ0v) is 3.42. The summed E-state index contributed by atoms with van der Waals surface area (Å²) in [5.74, 6) is 0. The van der Waals surface area contributed by atoms with E-state index in [1.165, 1.54) is 0 Å². The van der Waals surface area contributed by atoms with Gasteiger partial charge < -0.3 is 24.7 Å². The number of phosphoric acid groups is 1. The van der Waals surface area contributed by atoms with Crippen LogP contribution in [0.5, 0.6) is 0 Å². The van der Waals surface area contributed by atoms with Gasteiger partial charge in [-0.25, -0.2) is 0 Å². The number of hydrogen-bond donors (Lipinski definition) is 0. The Morgan fingerprint density at radius 3 is 1.17 bits per heavy atom. The second kappa shape index (κ2) is 2.28. The zero-order chi connectivity index (χ0) is 4.50. The molecule has 0 aliphatic carbocycles. The van der Waals surface area contributed by atoms with E-state index in [9.17, 15) is 0 Å². The Kier molecular flexibility index (Phi) is 3.58. The summed E-state index contributed by atoms with van der Waals surface area (Å²) in [7, 11) is -5.39. The van der Waals surface area contributed by atoms with Gasteiger partial charge >= 0.3 is 0 Å². The van der Waals surface area contributed by atoms with Crippen molar-refractivity contribution in [1.29, 1.82) is 0 Å². The molecule has 0 unspecified atom stereocenters. The van der Waals surface area contributed by atoms with Crippen LogP contribution in [-0.2, 0) is 4.57 Å².